The standard InChI is InChI=1S/C12H12NOP/c1-15-12-9-5-8-11(13-12)14-10-6-3-2-4-7-10/h2-9,15H,1H3. The van der Waals surface area contributed by atoms with Crippen LogP contribution in [0, 0.1) is 0 Å². The summed E-state index contributed by atoms with van der Waals surface area (Å²) in [5.74, 6) is 1.48. The van der Waals surface area contributed by atoms with Crippen LogP contribution in [0.15, 0.2) is 48.5 Å². The summed E-state index contributed by atoms with van der Waals surface area (Å²) in [4.78, 5) is 4.38. The highest BCUT2D eigenvalue weighted by molar-refractivity contribution is 7.45. The SMILES string of the molecule is CPc1cccc(Oc2ccccc2)n1. The van der Waals surface area contributed by atoms with Gasteiger partial charge >= 0.3 is 0 Å². The average Bonchev–Trinajstić information content (AvgIpc) is 2.31. The van der Waals surface area contributed by atoms with Crippen molar-refractivity contribution in [3.05, 3.63) is 48.5 Å². The summed E-state index contributed by atoms with van der Waals surface area (Å²) in [5.41, 5.74) is 1.07. The van der Waals surface area contributed by atoms with Crippen molar-refractivity contribution in [3.63, 3.8) is 0 Å². The molecule has 15 heavy (non-hydrogen) atoms. The van der Waals surface area contributed by atoms with Crippen LogP contribution in [0.5, 0.6) is 11.6 Å². The Balaban J connectivity index is 2.17. The summed E-state index contributed by atoms with van der Waals surface area (Å²) in [6.45, 7) is 2.11. The second-order valence-corrected chi connectivity index (χ2v) is 4.04. The summed E-state index contributed by atoms with van der Waals surface area (Å²) in [7, 11) is 0.696. The molecule has 2 aromatic rings. The maximum Gasteiger partial charge on any atom is 0.219 e. The minimum atomic E-state index is 0.660. The summed E-state index contributed by atoms with van der Waals surface area (Å²) in [6.07, 6.45) is 0. The van der Waals surface area contributed by atoms with E-state index in [2.05, 4.69) is 11.6 Å². The Labute approximate surface area is 91.1 Å². The number of para-hydroxylation sites is 1. The van der Waals surface area contributed by atoms with E-state index >= 15 is 0 Å². The predicted octanol–water partition coefficient (Wildman–Crippen LogP) is 2.81. The molecule has 0 bridgehead atoms. The molecule has 0 aliphatic rings. The molecule has 0 saturated carbocycles. The fraction of sp³-hybridized carbons (Fsp3) is 0.0833. The van der Waals surface area contributed by atoms with Gasteiger partial charge in [-0.2, -0.15) is 0 Å². The van der Waals surface area contributed by atoms with Gasteiger partial charge < -0.3 is 4.74 Å². The zero-order valence-corrected chi connectivity index (χ0v) is 9.47. The number of hydrogen-bond donors (Lipinski definition) is 0. The van der Waals surface area contributed by atoms with Gasteiger partial charge in [0.15, 0.2) is 0 Å². The number of pyridine rings is 1. The fourth-order valence-electron chi connectivity index (χ4n) is 1.22. The number of aromatic nitrogens is 1. The Morgan fingerprint density at radius 1 is 1.00 bits per heavy atom. The largest absolute Gasteiger partial charge is 0.439 e. The molecular formula is C12H12NOP. The quantitative estimate of drug-likeness (QED) is 0.737. The lowest BCUT2D eigenvalue weighted by atomic mass is 10.3. The summed E-state index contributed by atoms with van der Waals surface area (Å²) in [5, 5.41) is 0. The van der Waals surface area contributed by atoms with Crippen molar-refractivity contribution in [1.82, 2.24) is 4.98 Å². The molecule has 0 aliphatic carbocycles. The summed E-state index contributed by atoms with van der Waals surface area (Å²) >= 11 is 0. The van der Waals surface area contributed by atoms with Gasteiger partial charge in [0.2, 0.25) is 5.88 Å². The van der Waals surface area contributed by atoms with E-state index in [0.717, 1.165) is 11.2 Å². The zero-order chi connectivity index (χ0) is 10.5. The van der Waals surface area contributed by atoms with Crippen molar-refractivity contribution in [2.24, 2.45) is 0 Å². The van der Waals surface area contributed by atoms with Crippen LogP contribution in [0.4, 0.5) is 0 Å². The second kappa shape index (κ2) is 4.90. The molecule has 1 heterocycles. The van der Waals surface area contributed by atoms with E-state index in [1.165, 1.54) is 0 Å². The minimum absolute atomic E-state index is 0.660. The summed E-state index contributed by atoms with van der Waals surface area (Å²) < 4.78 is 5.61. The van der Waals surface area contributed by atoms with Crippen LogP contribution < -0.4 is 10.2 Å². The third kappa shape index (κ3) is 2.77. The Morgan fingerprint density at radius 3 is 2.53 bits per heavy atom. The van der Waals surface area contributed by atoms with Gasteiger partial charge in [-0.1, -0.05) is 32.8 Å². The van der Waals surface area contributed by atoms with E-state index in [-0.39, 0.29) is 0 Å². The van der Waals surface area contributed by atoms with Crippen LogP contribution in [0.1, 0.15) is 0 Å². The first-order chi connectivity index (χ1) is 7.38. The van der Waals surface area contributed by atoms with E-state index in [0.29, 0.717) is 14.5 Å². The molecule has 0 fully saturated rings. The minimum Gasteiger partial charge on any atom is -0.439 e. The van der Waals surface area contributed by atoms with E-state index in [4.69, 9.17) is 4.74 Å². The lowest BCUT2D eigenvalue weighted by Gasteiger charge is -2.05. The van der Waals surface area contributed by atoms with Gasteiger partial charge in [0.05, 0.1) is 5.44 Å². The molecule has 0 N–H and O–H groups in total. The van der Waals surface area contributed by atoms with Gasteiger partial charge in [-0.15, -0.1) is 0 Å². The highest BCUT2D eigenvalue weighted by atomic mass is 31.1. The molecule has 76 valence electrons. The van der Waals surface area contributed by atoms with Crippen molar-refractivity contribution < 1.29 is 4.74 Å². The number of ether oxygens (including phenoxy) is 1. The first-order valence-corrected chi connectivity index (χ1v) is 6.26. The molecule has 2 rings (SSSR count). The van der Waals surface area contributed by atoms with Crippen molar-refractivity contribution in [1.29, 1.82) is 0 Å². The van der Waals surface area contributed by atoms with Gasteiger partial charge in [0.1, 0.15) is 5.75 Å². The Bertz CT molecular complexity index is 431. The normalized spacial score (nSPS) is 10.7. The van der Waals surface area contributed by atoms with Crippen LogP contribution in [0.3, 0.4) is 0 Å². The fourth-order valence-corrected chi connectivity index (χ4v) is 1.71. The maximum absolute atomic E-state index is 5.61. The molecule has 0 radical (unpaired) electrons. The van der Waals surface area contributed by atoms with Crippen LogP contribution in [0.25, 0.3) is 0 Å². The van der Waals surface area contributed by atoms with Crippen molar-refractivity contribution in [2.45, 2.75) is 0 Å². The Morgan fingerprint density at radius 2 is 1.80 bits per heavy atom. The molecule has 0 saturated heterocycles. The van der Waals surface area contributed by atoms with Crippen molar-refractivity contribution in [2.75, 3.05) is 6.66 Å². The van der Waals surface area contributed by atoms with E-state index in [9.17, 15) is 0 Å². The Hall–Kier alpha value is -1.40. The van der Waals surface area contributed by atoms with Gasteiger partial charge in [-0.05, 0) is 24.9 Å². The summed E-state index contributed by atoms with van der Waals surface area (Å²) in [6, 6.07) is 15.5. The highest BCUT2D eigenvalue weighted by Crippen LogP contribution is 2.18. The molecule has 3 heteroatoms. The molecule has 0 spiro atoms. The number of hydrogen-bond acceptors (Lipinski definition) is 2. The van der Waals surface area contributed by atoms with Crippen LogP contribution in [-0.2, 0) is 0 Å². The van der Waals surface area contributed by atoms with Crippen LogP contribution in [-0.4, -0.2) is 11.6 Å². The molecule has 2 nitrogen and oxygen atoms in total. The lowest BCUT2D eigenvalue weighted by molar-refractivity contribution is 0.464. The molecule has 0 amide bonds. The van der Waals surface area contributed by atoms with Crippen LogP contribution >= 0.6 is 8.58 Å². The monoisotopic (exact) mass is 217 g/mol. The lowest BCUT2D eigenvalue weighted by Crippen LogP contribution is -2.00. The first-order valence-electron chi connectivity index (χ1n) is 4.76. The molecular weight excluding hydrogens is 205 g/mol. The third-order valence-corrected chi connectivity index (χ3v) is 2.74. The topological polar surface area (TPSA) is 22.1 Å². The predicted molar refractivity (Wildman–Crippen MR) is 64.6 cm³/mol. The zero-order valence-electron chi connectivity index (χ0n) is 8.47. The highest BCUT2D eigenvalue weighted by Gasteiger charge is 1.98. The molecule has 1 unspecified atom stereocenters. The van der Waals surface area contributed by atoms with Crippen LogP contribution in [0.2, 0.25) is 0 Å². The van der Waals surface area contributed by atoms with Crippen molar-refractivity contribution in [3.8, 4) is 11.6 Å². The average molecular weight is 217 g/mol. The first kappa shape index (κ1) is 10.1. The Kier molecular flexibility index (Phi) is 3.31. The number of nitrogens with zero attached hydrogens (tertiary/aromatic N) is 1. The van der Waals surface area contributed by atoms with Gasteiger partial charge in [0.25, 0.3) is 0 Å². The third-order valence-electron chi connectivity index (χ3n) is 1.95. The van der Waals surface area contributed by atoms with E-state index in [1.807, 2.05) is 48.5 Å². The molecule has 1 aromatic carbocycles. The molecule has 1 aromatic heterocycles. The van der Waals surface area contributed by atoms with Crippen molar-refractivity contribution >= 4 is 14.0 Å². The van der Waals surface area contributed by atoms with Gasteiger partial charge in [-0.3, -0.25) is 0 Å². The molecule has 1 atom stereocenters. The maximum atomic E-state index is 5.61. The van der Waals surface area contributed by atoms with E-state index in [1.54, 1.807) is 0 Å². The van der Waals surface area contributed by atoms with Gasteiger partial charge in [-0.25, -0.2) is 4.98 Å². The number of benzene rings is 1. The number of rotatable bonds is 3. The van der Waals surface area contributed by atoms with E-state index < -0.39 is 0 Å². The molecule has 0 aliphatic heterocycles. The van der Waals surface area contributed by atoms with Gasteiger partial charge in [0, 0.05) is 6.07 Å². The second-order valence-electron chi connectivity index (χ2n) is 3.03. The smallest absolute Gasteiger partial charge is 0.219 e.